The van der Waals surface area contributed by atoms with E-state index in [4.69, 9.17) is 28.9 Å². The van der Waals surface area contributed by atoms with E-state index in [-0.39, 0.29) is 34.2 Å². The highest BCUT2D eigenvalue weighted by atomic mass is 35.5. The SMILES string of the molecule is NCC1(F)CCCN(C(=O)c2[nH]c3ccc(F)c(Cl)c3c2Cl)C1. The third-order valence-corrected chi connectivity index (χ3v) is 4.93. The average Bonchev–Trinajstić information content (AvgIpc) is 2.88. The maximum absolute atomic E-state index is 14.4. The minimum atomic E-state index is -1.59. The number of hydrogen-bond donors (Lipinski definition) is 2. The van der Waals surface area contributed by atoms with Gasteiger partial charge in [0, 0.05) is 24.0 Å². The van der Waals surface area contributed by atoms with Crippen LogP contribution in [0.3, 0.4) is 0 Å². The molecule has 1 aliphatic heterocycles. The highest BCUT2D eigenvalue weighted by Gasteiger charge is 2.37. The Bertz CT molecular complexity index is 780. The summed E-state index contributed by atoms with van der Waals surface area (Å²) in [5.41, 5.74) is 4.40. The van der Waals surface area contributed by atoms with Crippen molar-refractivity contribution in [1.29, 1.82) is 0 Å². The number of aromatic amines is 1. The lowest BCUT2D eigenvalue weighted by Crippen LogP contribution is -2.51. The monoisotopic (exact) mass is 361 g/mol. The van der Waals surface area contributed by atoms with Crippen LogP contribution in [0.4, 0.5) is 8.78 Å². The number of nitrogens with zero attached hydrogens (tertiary/aromatic N) is 1. The Morgan fingerprint density at radius 1 is 1.39 bits per heavy atom. The van der Waals surface area contributed by atoms with Crippen molar-refractivity contribution in [2.45, 2.75) is 18.5 Å². The molecule has 3 N–H and O–H groups in total. The molecule has 2 aromatic rings. The quantitative estimate of drug-likeness (QED) is 0.859. The van der Waals surface area contributed by atoms with E-state index in [9.17, 15) is 13.6 Å². The highest BCUT2D eigenvalue weighted by Crippen LogP contribution is 2.36. The van der Waals surface area contributed by atoms with Gasteiger partial charge in [0.2, 0.25) is 0 Å². The predicted octanol–water partition coefficient (Wildman–Crippen LogP) is 3.52. The molecule has 0 radical (unpaired) electrons. The smallest absolute Gasteiger partial charge is 0.271 e. The Morgan fingerprint density at radius 2 is 2.13 bits per heavy atom. The van der Waals surface area contributed by atoms with E-state index in [2.05, 4.69) is 4.98 Å². The van der Waals surface area contributed by atoms with E-state index in [1.807, 2.05) is 0 Å². The normalized spacial score (nSPS) is 21.9. The summed E-state index contributed by atoms with van der Waals surface area (Å²) in [6.07, 6.45) is 0.845. The molecule has 4 nitrogen and oxygen atoms in total. The Morgan fingerprint density at radius 3 is 2.83 bits per heavy atom. The zero-order chi connectivity index (χ0) is 16.8. The number of hydrogen-bond acceptors (Lipinski definition) is 2. The van der Waals surface area contributed by atoms with E-state index in [1.54, 1.807) is 0 Å². The lowest BCUT2D eigenvalue weighted by atomic mass is 9.94. The van der Waals surface area contributed by atoms with Crippen LogP contribution in [0.1, 0.15) is 23.3 Å². The Balaban J connectivity index is 1.98. The van der Waals surface area contributed by atoms with Crippen molar-refractivity contribution in [2.75, 3.05) is 19.6 Å². The predicted molar refractivity (Wildman–Crippen MR) is 86.3 cm³/mol. The topological polar surface area (TPSA) is 62.1 Å². The average molecular weight is 362 g/mol. The van der Waals surface area contributed by atoms with Gasteiger partial charge < -0.3 is 15.6 Å². The van der Waals surface area contributed by atoms with Gasteiger partial charge in [0.05, 0.1) is 16.6 Å². The van der Waals surface area contributed by atoms with Crippen LogP contribution in [-0.4, -0.2) is 41.1 Å². The summed E-state index contributed by atoms with van der Waals surface area (Å²) in [6.45, 7) is 0.183. The van der Waals surface area contributed by atoms with E-state index in [1.165, 1.54) is 17.0 Å². The standard InChI is InChI=1S/C15H15Cl2F2N3O/c16-11-8(18)2-3-9-10(11)12(17)13(21-9)14(23)22-5-1-4-15(19,6-20)7-22/h2-3,21H,1,4-7,20H2. The van der Waals surface area contributed by atoms with Crippen LogP contribution in [0.2, 0.25) is 10.0 Å². The number of H-pyrrole nitrogens is 1. The fourth-order valence-electron chi connectivity index (χ4n) is 2.92. The summed E-state index contributed by atoms with van der Waals surface area (Å²) in [5.74, 6) is -1.07. The summed E-state index contributed by atoms with van der Waals surface area (Å²) < 4.78 is 28.0. The molecule has 0 spiro atoms. The molecule has 124 valence electrons. The zero-order valence-electron chi connectivity index (χ0n) is 12.1. The van der Waals surface area contributed by atoms with Gasteiger partial charge in [-0.1, -0.05) is 23.2 Å². The van der Waals surface area contributed by atoms with Gasteiger partial charge in [-0.15, -0.1) is 0 Å². The number of carbonyl (C=O) groups is 1. The number of amides is 1. The summed E-state index contributed by atoms with van der Waals surface area (Å²) in [4.78, 5) is 16.9. The van der Waals surface area contributed by atoms with Gasteiger partial charge in [-0.05, 0) is 25.0 Å². The van der Waals surface area contributed by atoms with Crippen LogP contribution < -0.4 is 5.73 Å². The highest BCUT2D eigenvalue weighted by molar-refractivity contribution is 6.44. The number of nitrogens with two attached hydrogens (primary N) is 1. The minimum absolute atomic E-state index is 0.0391. The third kappa shape index (κ3) is 2.79. The van der Waals surface area contributed by atoms with Crippen LogP contribution in [-0.2, 0) is 0 Å². The maximum atomic E-state index is 14.4. The van der Waals surface area contributed by atoms with Crippen molar-refractivity contribution in [3.63, 3.8) is 0 Å². The Kier molecular flexibility index (Phi) is 4.25. The zero-order valence-corrected chi connectivity index (χ0v) is 13.6. The number of likely N-dealkylation sites (tertiary alicyclic amines) is 1. The molecule has 2 heterocycles. The molecule has 0 saturated carbocycles. The van der Waals surface area contributed by atoms with Gasteiger partial charge in [0.25, 0.3) is 5.91 Å². The third-order valence-electron chi connectivity index (χ3n) is 4.19. The lowest BCUT2D eigenvalue weighted by molar-refractivity contribution is 0.0375. The molecule has 1 aromatic heterocycles. The molecule has 1 amide bonds. The minimum Gasteiger partial charge on any atom is -0.349 e. The first-order chi connectivity index (χ1) is 10.9. The second-order valence-electron chi connectivity index (χ2n) is 5.78. The van der Waals surface area contributed by atoms with Crippen LogP contribution in [0.15, 0.2) is 12.1 Å². The number of carbonyl (C=O) groups excluding carboxylic acids is 1. The molecule has 1 aromatic carbocycles. The molecule has 3 rings (SSSR count). The molecular weight excluding hydrogens is 347 g/mol. The molecular formula is C15H15Cl2F2N3O. The number of halogens is 4. The van der Waals surface area contributed by atoms with Crippen LogP contribution in [0.25, 0.3) is 10.9 Å². The van der Waals surface area contributed by atoms with Crippen LogP contribution in [0, 0.1) is 5.82 Å². The van der Waals surface area contributed by atoms with Gasteiger partial charge in [-0.3, -0.25) is 4.79 Å². The van der Waals surface area contributed by atoms with E-state index < -0.39 is 17.4 Å². The fraction of sp³-hybridized carbons (Fsp3) is 0.400. The fourth-order valence-corrected chi connectivity index (χ4v) is 3.55. The second kappa shape index (κ2) is 5.92. The van der Waals surface area contributed by atoms with Gasteiger partial charge in [-0.2, -0.15) is 0 Å². The van der Waals surface area contributed by atoms with Gasteiger partial charge in [0.15, 0.2) is 0 Å². The number of fused-ring (bicyclic) bond motifs is 1. The number of rotatable bonds is 2. The van der Waals surface area contributed by atoms with E-state index >= 15 is 0 Å². The van der Waals surface area contributed by atoms with Gasteiger partial charge in [0.1, 0.15) is 17.2 Å². The molecule has 23 heavy (non-hydrogen) atoms. The largest absolute Gasteiger partial charge is 0.349 e. The number of aromatic nitrogens is 1. The van der Waals surface area contributed by atoms with Crippen molar-refractivity contribution < 1.29 is 13.6 Å². The Hall–Kier alpha value is -1.37. The number of alkyl halides is 1. The maximum Gasteiger partial charge on any atom is 0.271 e. The first kappa shape index (κ1) is 16.5. The van der Waals surface area contributed by atoms with Crippen molar-refractivity contribution in [3.05, 3.63) is 33.7 Å². The number of piperidine rings is 1. The second-order valence-corrected chi connectivity index (χ2v) is 6.54. The van der Waals surface area contributed by atoms with Crippen LogP contribution in [0.5, 0.6) is 0 Å². The Labute approximate surface area is 141 Å². The molecule has 1 fully saturated rings. The molecule has 1 aliphatic rings. The van der Waals surface area contributed by atoms with Crippen molar-refractivity contribution in [2.24, 2.45) is 5.73 Å². The summed E-state index contributed by atoms with van der Waals surface area (Å²) >= 11 is 12.1. The molecule has 0 bridgehead atoms. The molecule has 8 heteroatoms. The van der Waals surface area contributed by atoms with E-state index in [0.29, 0.717) is 24.9 Å². The molecule has 1 unspecified atom stereocenters. The summed E-state index contributed by atoms with van der Waals surface area (Å²) in [7, 11) is 0. The molecule has 1 atom stereocenters. The first-order valence-electron chi connectivity index (χ1n) is 7.20. The molecule has 0 aliphatic carbocycles. The van der Waals surface area contributed by atoms with Crippen molar-refractivity contribution in [1.82, 2.24) is 9.88 Å². The van der Waals surface area contributed by atoms with Gasteiger partial charge >= 0.3 is 0 Å². The first-order valence-corrected chi connectivity index (χ1v) is 7.95. The van der Waals surface area contributed by atoms with Crippen molar-refractivity contribution in [3.8, 4) is 0 Å². The van der Waals surface area contributed by atoms with Gasteiger partial charge in [-0.25, -0.2) is 8.78 Å². The number of benzene rings is 1. The lowest BCUT2D eigenvalue weighted by Gasteiger charge is -2.36. The van der Waals surface area contributed by atoms with Crippen LogP contribution >= 0.6 is 23.2 Å². The summed E-state index contributed by atoms with van der Waals surface area (Å²) in [6, 6.07) is 2.64. The van der Waals surface area contributed by atoms with Crippen molar-refractivity contribution >= 4 is 40.0 Å². The number of nitrogens with one attached hydrogen (secondary N) is 1. The molecule has 1 saturated heterocycles. The summed E-state index contributed by atoms with van der Waals surface area (Å²) in [5, 5.41) is 0.138. The van der Waals surface area contributed by atoms with E-state index in [0.717, 1.165) is 0 Å².